The molecule has 1 N–H and O–H groups in total. The Hall–Kier alpha value is -2.44. The summed E-state index contributed by atoms with van der Waals surface area (Å²) in [5.41, 5.74) is 3.17. The van der Waals surface area contributed by atoms with Gasteiger partial charge in [0.1, 0.15) is 12.1 Å². The van der Waals surface area contributed by atoms with E-state index in [2.05, 4.69) is 27.1 Å². The van der Waals surface area contributed by atoms with Gasteiger partial charge in [0.25, 0.3) is 0 Å². The van der Waals surface area contributed by atoms with Crippen LogP contribution in [0.2, 0.25) is 0 Å². The van der Waals surface area contributed by atoms with E-state index in [0.29, 0.717) is 18.9 Å². The van der Waals surface area contributed by atoms with Crippen LogP contribution in [-0.4, -0.2) is 44.8 Å². The van der Waals surface area contributed by atoms with Crippen molar-refractivity contribution in [3.05, 3.63) is 29.3 Å². The average molecular weight is 397 g/mol. The number of rotatable bonds is 6. The topological polar surface area (TPSA) is 75.9 Å². The van der Waals surface area contributed by atoms with Crippen molar-refractivity contribution in [2.24, 2.45) is 0 Å². The van der Waals surface area contributed by atoms with Crippen LogP contribution in [0.15, 0.2) is 12.4 Å². The highest BCUT2D eigenvalue weighted by atomic mass is 16.1. The van der Waals surface area contributed by atoms with Gasteiger partial charge in [0.05, 0.1) is 5.69 Å². The molecule has 0 radical (unpaired) electrons. The van der Waals surface area contributed by atoms with E-state index in [9.17, 15) is 4.79 Å². The predicted octanol–water partition coefficient (Wildman–Crippen LogP) is 3.26. The monoisotopic (exact) mass is 396 g/mol. The predicted molar refractivity (Wildman–Crippen MR) is 113 cm³/mol. The molecule has 1 saturated heterocycles. The zero-order chi connectivity index (χ0) is 20.2. The van der Waals surface area contributed by atoms with Crippen LogP contribution < -0.4 is 10.2 Å². The summed E-state index contributed by atoms with van der Waals surface area (Å²) in [6.07, 6.45) is 11.3. The third kappa shape index (κ3) is 4.60. The van der Waals surface area contributed by atoms with Crippen molar-refractivity contribution in [1.82, 2.24) is 25.1 Å². The van der Waals surface area contributed by atoms with Crippen molar-refractivity contribution in [3.63, 3.8) is 0 Å². The lowest BCUT2D eigenvalue weighted by Gasteiger charge is -2.27. The van der Waals surface area contributed by atoms with Gasteiger partial charge in [-0.2, -0.15) is 5.10 Å². The maximum Gasteiger partial charge on any atom is 0.220 e. The second-order valence-electron chi connectivity index (χ2n) is 8.39. The van der Waals surface area contributed by atoms with Gasteiger partial charge in [-0.3, -0.25) is 4.79 Å². The summed E-state index contributed by atoms with van der Waals surface area (Å²) in [6.45, 7) is 6.18. The van der Waals surface area contributed by atoms with Crippen molar-refractivity contribution >= 4 is 11.7 Å². The summed E-state index contributed by atoms with van der Waals surface area (Å²) in [5, 5.41) is 7.90. The minimum atomic E-state index is 0.151. The number of aryl methyl sites for hydroxylation is 1. The Kier molecular flexibility index (Phi) is 6.11. The van der Waals surface area contributed by atoms with E-state index in [1.807, 2.05) is 17.7 Å². The Morgan fingerprint density at radius 2 is 1.79 bits per heavy atom. The van der Waals surface area contributed by atoms with Crippen LogP contribution >= 0.6 is 0 Å². The Bertz CT molecular complexity index is 849. The molecule has 0 atom stereocenters. The molecule has 156 valence electrons. The van der Waals surface area contributed by atoms with Gasteiger partial charge in [-0.15, -0.1) is 0 Å². The molecule has 7 heteroatoms. The molecule has 3 heterocycles. The van der Waals surface area contributed by atoms with Gasteiger partial charge in [-0.25, -0.2) is 14.6 Å². The zero-order valence-corrected chi connectivity index (χ0v) is 17.7. The molecule has 1 saturated carbocycles. The first-order valence-corrected chi connectivity index (χ1v) is 11.0. The molecule has 29 heavy (non-hydrogen) atoms. The number of carbonyl (C=O) groups is 1. The van der Waals surface area contributed by atoms with Crippen LogP contribution in [0.3, 0.4) is 0 Å². The fourth-order valence-corrected chi connectivity index (χ4v) is 4.62. The number of nitrogens with one attached hydrogen (secondary N) is 1. The molecule has 2 fully saturated rings. The summed E-state index contributed by atoms with van der Waals surface area (Å²) in [6, 6.07) is 2.41. The average Bonchev–Trinajstić information content (AvgIpc) is 3.35. The summed E-state index contributed by atoms with van der Waals surface area (Å²) in [5.74, 6) is 1.92. The first-order valence-electron chi connectivity index (χ1n) is 11.0. The molecule has 1 aliphatic carbocycles. The lowest BCUT2D eigenvalue weighted by molar-refractivity contribution is -0.121. The minimum absolute atomic E-state index is 0.151. The van der Waals surface area contributed by atoms with Gasteiger partial charge in [0.15, 0.2) is 5.82 Å². The second-order valence-corrected chi connectivity index (χ2v) is 8.39. The number of piperidine rings is 1. The van der Waals surface area contributed by atoms with Crippen molar-refractivity contribution in [2.45, 2.75) is 77.7 Å². The van der Waals surface area contributed by atoms with E-state index in [1.165, 1.54) is 32.1 Å². The van der Waals surface area contributed by atoms with E-state index in [-0.39, 0.29) is 5.91 Å². The van der Waals surface area contributed by atoms with Crippen LogP contribution in [-0.2, 0) is 11.2 Å². The lowest BCUT2D eigenvalue weighted by Crippen LogP contribution is -2.32. The highest BCUT2D eigenvalue weighted by Crippen LogP contribution is 2.23. The SMILES string of the molecule is Cc1nn(-c2cc(N3CCCCC3)ncn2)c(C)c1CCC(=O)NC1CCCC1. The quantitative estimate of drug-likeness (QED) is 0.811. The number of nitrogens with zero attached hydrogens (tertiary/aromatic N) is 5. The molecule has 0 unspecified atom stereocenters. The molecular weight excluding hydrogens is 364 g/mol. The van der Waals surface area contributed by atoms with Gasteiger partial charge in [0.2, 0.25) is 5.91 Å². The maximum absolute atomic E-state index is 12.3. The Morgan fingerprint density at radius 1 is 1.07 bits per heavy atom. The molecule has 2 aliphatic rings. The molecule has 0 bridgehead atoms. The Labute approximate surface area is 172 Å². The van der Waals surface area contributed by atoms with Gasteiger partial charge in [0, 0.05) is 37.3 Å². The standard InChI is InChI=1S/C22H32N6O/c1-16-19(10-11-22(29)25-18-8-4-5-9-18)17(2)28(26-16)21-14-20(23-15-24-21)27-12-6-3-7-13-27/h14-15,18H,3-13H2,1-2H3,(H,25,29). The van der Waals surface area contributed by atoms with E-state index >= 15 is 0 Å². The first-order chi connectivity index (χ1) is 14.1. The number of hydrogen-bond acceptors (Lipinski definition) is 5. The molecule has 2 aromatic heterocycles. The second kappa shape index (κ2) is 8.93. The summed E-state index contributed by atoms with van der Waals surface area (Å²) in [4.78, 5) is 23.6. The van der Waals surface area contributed by atoms with Gasteiger partial charge >= 0.3 is 0 Å². The maximum atomic E-state index is 12.3. The van der Waals surface area contributed by atoms with Gasteiger partial charge < -0.3 is 10.2 Å². The van der Waals surface area contributed by atoms with E-state index in [0.717, 1.165) is 54.5 Å². The molecule has 4 rings (SSSR count). The molecular formula is C22H32N6O. The fraction of sp³-hybridized carbons (Fsp3) is 0.636. The van der Waals surface area contributed by atoms with Crippen LogP contribution in [0.5, 0.6) is 0 Å². The van der Waals surface area contributed by atoms with Crippen LogP contribution in [0.4, 0.5) is 5.82 Å². The Morgan fingerprint density at radius 3 is 2.55 bits per heavy atom. The fourth-order valence-electron chi connectivity index (χ4n) is 4.62. The van der Waals surface area contributed by atoms with E-state index in [1.54, 1.807) is 6.33 Å². The van der Waals surface area contributed by atoms with Gasteiger partial charge in [-0.1, -0.05) is 12.8 Å². The number of anilines is 1. The van der Waals surface area contributed by atoms with Crippen LogP contribution in [0.1, 0.15) is 68.3 Å². The van der Waals surface area contributed by atoms with Crippen molar-refractivity contribution in [3.8, 4) is 5.82 Å². The van der Waals surface area contributed by atoms with Crippen molar-refractivity contribution in [2.75, 3.05) is 18.0 Å². The number of hydrogen-bond donors (Lipinski definition) is 1. The summed E-state index contributed by atoms with van der Waals surface area (Å²) < 4.78 is 1.90. The smallest absolute Gasteiger partial charge is 0.220 e. The first kappa shape index (κ1) is 19.9. The highest BCUT2D eigenvalue weighted by Gasteiger charge is 2.20. The van der Waals surface area contributed by atoms with Crippen LogP contribution in [0, 0.1) is 13.8 Å². The largest absolute Gasteiger partial charge is 0.356 e. The number of aromatic nitrogens is 4. The third-order valence-electron chi connectivity index (χ3n) is 6.30. The molecule has 0 spiro atoms. The lowest BCUT2D eigenvalue weighted by atomic mass is 10.1. The highest BCUT2D eigenvalue weighted by molar-refractivity contribution is 5.76. The van der Waals surface area contributed by atoms with E-state index in [4.69, 9.17) is 5.10 Å². The summed E-state index contributed by atoms with van der Waals surface area (Å²) >= 11 is 0. The van der Waals surface area contributed by atoms with Crippen molar-refractivity contribution in [1.29, 1.82) is 0 Å². The zero-order valence-electron chi connectivity index (χ0n) is 17.7. The molecule has 2 aromatic rings. The van der Waals surface area contributed by atoms with E-state index < -0.39 is 0 Å². The van der Waals surface area contributed by atoms with Crippen LogP contribution in [0.25, 0.3) is 5.82 Å². The van der Waals surface area contributed by atoms with Crippen molar-refractivity contribution < 1.29 is 4.79 Å². The third-order valence-corrected chi connectivity index (χ3v) is 6.30. The molecule has 1 amide bonds. The van der Waals surface area contributed by atoms with Gasteiger partial charge in [-0.05, 0) is 57.9 Å². The number of carbonyl (C=O) groups excluding carboxylic acids is 1. The summed E-state index contributed by atoms with van der Waals surface area (Å²) in [7, 11) is 0. The molecule has 0 aromatic carbocycles. The Balaban J connectivity index is 1.46. The molecule has 7 nitrogen and oxygen atoms in total. The normalized spacial score (nSPS) is 17.7. The number of amides is 1. The minimum Gasteiger partial charge on any atom is -0.356 e. The molecule has 1 aliphatic heterocycles.